The van der Waals surface area contributed by atoms with E-state index in [2.05, 4.69) is 10.4 Å². The number of nitrogens with zero attached hydrogens (tertiary/aromatic N) is 2. The largest absolute Gasteiger partial charge is 0.490 e. The van der Waals surface area contributed by atoms with E-state index in [0.717, 1.165) is 30.1 Å². The second-order valence-electron chi connectivity index (χ2n) is 6.03. The van der Waals surface area contributed by atoms with Crippen LogP contribution < -0.4 is 4.74 Å². The lowest BCUT2D eigenvalue weighted by Gasteiger charge is -2.32. The highest BCUT2D eigenvalue weighted by molar-refractivity contribution is 7.09. The van der Waals surface area contributed by atoms with Gasteiger partial charge in [0.05, 0.1) is 18.0 Å². The van der Waals surface area contributed by atoms with Gasteiger partial charge in [0.25, 0.3) is 0 Å². The number of amides is 1. The SMILES string of the molecule is Cc1csc([C@@H]2CCCN(C(=O)CCOc3ccccc3F)C2)n1. The molecule has 4 nitrogen and oxygen atoms in total. The van der Waals surface area contributed by atoms with Crippen LogP contribution in [0.4, 0.5) is 4.39 Å². The number of aromatic nitrogens is 1. The van der Waals surface area contributed by atoms with Gasteiger partial charge in [-0.1, -0.05) is 12.1 Å². The quantitative estimate of drug-likeness (QED) is 0.826. The van der Waals surface area contributed by atoms with E-state index >= 15 is 0 Å². The first-order valence-corrected chi connectivity index (χ1v) is 9.08. The van der Waals surface area contributed by atoms with Gasteiger partial charge in [-0.05, 0) is 31.9 Å². The molecule has 128 valence electrons. The van der Waals surface area contributed by atoms with E-state index in [9.17, 15) is 9.18 Å². The predicted octanol–water partition coefficient (Wildman–Crippen LogP) is 3.77. The first-order valence-electron chi connectivity index (χ1n) is 8.20. The van der Waals surface area contributed by atoms with E-state index in [1.54, 1.807) is 29.5 Å². The van der Waals surface area contributed by atoms with Crippen LogP contribution in [-0.4, -0.2) is 35.5 Å². The molecule has 1 amide bonds. The molecular formula is C18H21FN2O2S. The van der Waals surface area contributed by atoms with Crippen molar-refractivity contribution in [2.75, 3.05) is 19.7 Å². The number of carbonyl (C=O) groups is 1. The Kier molecular flexibility index (Phi) is 5.45. The predicted molar refractivity (Wildman–Crippen MR) is 91.9 cm³/mol. The van der Waals surface area contributed by atoms with Gasteiger partial charge >= 0.3 is 0 Å². The van der Waals surface area contributed by atoms with E-state index in [1.807, 2.05) is 11.8 Å². The van der Waals surface area contributed by atoms with Gasteiger partial charge in [-0.15, -0.1) is 11.3 Å². The van der Waals surface area contributed by atoms with E-state index in [-0.39, 0.29) is 24.7 Å². The Morgan fingerprint density at radius 3 is 3.04 bits per heavy atom. The Labute approximate surface area is 145 Å². The van der Waals surface area contributed by atoms with E-state index in [4.69, 9.17) is 4.74 Å². The summed E-state index contributed by atoms with van der Waals surface area (Å²) in [4.78, 5) is 18.8. The first-order chi connectivity index (χ1) is 11.6. The van der Waals surface area contributed by atoms with Gasteiger partial charge in [0.1, 0.15) is 0 Å². The average Bonchev–Trinajstić information content (AvgIpc) is 3.03. The summed E-state index contributed by atoms with van der Waals surface area (Å²) in [6.07, 6.45) is 2.32. The van der Waals surface area contributed by atoms with Gasteiger partial charge in [-0.2, -0.15) is 0 Å². The van der Waals surface area contributed by atoms with Crippen molar-refractivity contribution in [3.63, 3.8) is 0 Å². The molecule has 1 atom stereocenters. The Balaban J connectivity index is 1.50. The molecule has 0 N–H and O–H groups in total. The molecule has 1 fully saturated rings. The second kappa shape index (κ2) is 7.75. The third kappa shape index (κ3) is 4.12. The van der Waals surface area contributed by atoms with Gasteiger partial charge in [0.15, 0.2) is 11.6 Å². The molecule has 0 radical (unpaired) electrons. The van der Waals surface area contributed by atoms with Gasteiger partial charge in [-0.25, -0.2) is 9.37 Å². The number of para-hydroxylation sites is 1. The maximum Gasteiger partial charge on any atom is 0.226 e. The second-order valence-corrected chi connectivity index (χ2v) is 6.92. The Hall–Kier alpha value is -1.95. The molecule has 1 aliphatic rings. The summed E-state index contributed by atoms with van der Waals surface area (Å²) < 4.78 is 18.9. The number of likely N-dealkylation sites (tertiary alicyclic amines) is 1. The summed E-state index contributed by atoms with van der Waals surface area (Å²) in [5.41, 5.74) is 1.04. The third-order valence-corrected chi connectivity index (χ3v) is 5.30. The highest BCUT2D eigenvalue weighted by atomic mass is 32.1. The molecule has 0 saturated carbocycles. The number of benzene rings is 1. The molecule has 0 unspecified atom stereocenters. The Morgan fingerprint density at radius 2 is 2.29 bits per heavy atom. The summed E-state index contributed by atoms with van der Waals surface area (Å²) in [7, 11) is 0. The van der Waals surface area contributed by atoms with Gasteiger partial charge in [-0.3, -0.25) is 4.79 Å². The van der Waals surface area contributed by atoms with Crippen molar-refractivity contribution in [3.8, 4) is 5.75 Å². The standard InChI is InChI=1S/C18H21FN2O2S/c1-13-12-24-18(20-13)14-5-4-9-21(11-14)17(22)8-10-23-16-7-3-2-6-15(16)19/h2-3,6-7,12,14H,4-5,8-11H2,1H3/t14-/m1/s1. The zero-order valence-electron chi connectivity index (χ0n) is 13.7. The molecule has 0 bridgehead atoms. The minimum absolute atomic E-state index is 0.0596. The maximum absolute atomic E-state index is 13.5. The van der Waals surface area contributed by atoms with Crippen molar-refractivity contribution in [2.45, 2.75) is 32.1 Å². The number of carbonyl (C=O) groups excluding carboxylic acids is 1. The van der Waals surface area contributed by atoms with Crippen molar-refractivity contribution in [3.05, 3.63) is 46.2 Å². The minimum atomic E-state index is -0.401. The summed E-state index contributed by atoms with van der Waals surface area (Å²) in [5.74, 6) is 0.181. The zero-order chi connectivity index (χ0) is 16.9. The summed E-state index contributed by atoms with van der Waals surface area (Å²) in [5, 5.41) is 3.17. The smallest absolute Gasteiger partial charge is 0.226 e. The highest BCUT2D eigenvalue weighted by Gasteiger charge is 2.26. The molecule has 3 rings (SSSR count). The molecule has 0 spiro atoms. The van der Waals surface area contributed by atoms with Crippen molar-refractivity contribution in [1.29, 1.82) is 0 Å². The molecule has 1 aliphatic heterocycles. The zero-order valence-corrected chi connectivity index (χ0v) is 14.5. The van der Waals surface area contributed by atoms with Gasteiger partial charge in [0.2, 0.25) is 5.91 Å². The van der Waals surface area contributed by atoms with Crippen LogP contribution in [0, 0.1) is 12.7 Å². The van der Waals surface area contributed by atoms with Gasteiger partial charge in [0, 0.05) is 30.1 Å². The molecule has 1 aromatic heterocycles. The lowest BCUT2D eigenvalue weighted by atomic mass is 9.98. The lowest BCUT2D eigenvalue weighted by Crippen LogP contribution is -2.39. The fourth-order valence-electron chi connectivity index (χ4n) is 2.93. The van der Waals surface area contributed by atoms with Crippen molar-refractivity contribution in [1.82, 2.24) is 9.88 Å². The first kappa shape index (κ1) is 16.9. The molecule has 1 aromatic carbocycles. The topological polar surface area (TPSA) is 42.4 Å². The molecule has 2 heterocycles. The Morgan fingerprint density at radius 1 is 1.46 bits per heavy atom. The number of ether oxygens (including phenoxy) is 1. The fraction of sp³-hybridized carbons (Fsp3) is 0.444. The number of hydrogen-bond donors (Lipinski definition) is 0. The summed E-state index contributed by atoms with van der Waals surface area (Å²) in [6, 6.07) is 6.25. The summed E-state index contributed by atoms with van der Waals surface area (Å²) in [6.45, 7) is 3.67. The fourth-order valence-corrected chi connectivity index (χ4v) is 3.86. The minimum Gasteiger partial charge on any atom is -0.490 e. The molecule has 0 aliphatic carbocycles. The van der Waals surface area contributed by atoms with Crippen LogP contribution in [0.3, 0.4) is 0 Å². The molecule has 1 saturated heterocycles. The van der Waals surface area contributed by atoms with Crippen LogP contribution in [0.5, 0.6) is 5.75 Å². The monoisotopic (exact) mass is 348 g/mol. The number of thiazole rings is 1. The number of hydrogen-bond acceptors (Lipinski definition) is 4. The number of halogens is 1. The van der Waals surface area contributed by atoms with E-state index < -0.39 is 5.82 Å². The van der Waals surface area contributed by atoms with Crippen molar-refractivity contribution >= 4 is 17.2 Å². The van der Waals surface area contributed by atoms with Gasteiger partial charge < -0.3 is 9.64 Å². The Bertz CT molecular complexity index is 704. The highest BCUT2D eigenvalue weighted by Crippen LogP contribution is 2.29. The molecular weight excluding hydrogens is 327 g/mol. The normalized spacial score (nSPS) is 17.8. The van der Waals surface area contributed by atoms with E-state index in [1.165, 1.54) is 6.07 Å². The van der Waals surface area contributed by atoms with E-state index in [0.29, 0.717) is 12.5 Å². The molecule has 24 heavy (non-hydrogen) atoms. The maximum atomic E-state index is 13.5. The van der Waals surface area contributed by atoms with Crippen molar-refractivity contribution in [2.24, 2.45) is 0 Å². The van der Waals surface area contributed by atoms with Crippen LogP contribution in [0.15, 0.2) is 29.6 Å². The van der Waals surface area contributed by atoms with Crippen molar-refractivity contribution < 1.29 is 13.9 Å². The van der Waals surface area contributed by atoms with Crippen LogP contribution in [0.25, 0.3) is 0 Å². The third-order valence-electron chi connectivity index (χ3n) is 4.17. The van der Waals surface area contributed by atoms with Crippen LogP contribution >= 0.6 is 11.3 Å². The number of rotatable bonds is 5. The lowest BCUT2D eigenvalue weighted by molar-refractivity contribution is -0.132. The molecule has 2 aromatic rings. The summed E-state index contributed by atoms with van der Waals surface area (Å²) >= 11 is 1.67. The average molecular weight is 348 g/mol. The van der Waals surface area contributed by atoms with Crippen LogP contribution in [0.2, 0.25) is 0 Å². The van der Waals surface area contributed by atoms with Crippen LogP contribution in [-0.2, 0) is 4.79 Å². The molecule has 6 heteroatoms. The number of piperidine rings is 1. The van der Waals surface area contributed by atoms with Crippen LogP contribution in [0.1, 0.15) is 35.9 Å². The number of aryl methyl sites for hydroxylation is 1.